The number of anilines is 1. The van der Waals surface area contributed by atoms with Crippen molar-refractivity contribution < 1.29 is 0 Å². The highest BCUT2D eigenvalue weighted by Crippen LogP contribution is 2.56. The number of rotatable bonds is 3. The van der Waals surface area contributed by atoms with E-state index in [1.807, 2.05) is 47.2 Å². The number of hydrogen-bond donors (Lipinski definition) is 1. The summed E-state index contributed by atoms with van der Waals surface area (Å²) in [5.41, 5.74) is 5.34. The van der Waals surface area contributed by atoms with E-state index in [1.165, 1.54) is 32.1 Å². The van der Waals surface area contributed by atoms with Crippen LogP contribution in [-0.4, -0.2) is 30.6 Å². The second kappa shape index (κ2) is 5.49. The molecule has 0 saturated heterocycles. The molecule has 27 heavy (non-hydrogen) atoms. The molecule has 4 aromatic heterocycles. The Hall–Kier alpha value is -3.02. The van der Waals surface area contributed by atoms with Gasteiger partial charge in [0, 0.05) is 24.0 Å². The van der Waals surface area contributed by atoms with Crippen LogP contribution in [0, 0.1) is 5.41 Å². The lowest BCUT2D eigenvalue weighted by atomic mass is 9.54. The van der Waals surface area contributed by atoms with Gasteiger partial charge in [0.15, 0.2) is 0 Å². The molecule has 2 aliphatic carbocycles. The van der Waals surface area contributed by atoms with E-state index in [2.05, 4.69) is 20.4 Å². The van der Waals surface area contributed by atoms with Crippen LogP contribution in [0.15, 0.2) is 48.9 Å². The van der Waals surface area contributed by atoms with E-state index in [0.717, 1.165) is 27.8 Å². The largest absolute Gasteiger partial charge is 0.350 e. The first kappa shape index (κ1) is 15.1. The molecule has 2 saturated carbocycles. The second-order valence-corrected chi connectivity index (χ2v) is 7.98. The second-order valence-electron chi connectivity index (χ2n) is 7.98. The third kappa shape index (κ3) is 2.40. The van der Waals surface area contributed by atoms with Gasteiger partial charge in [-0.25, -0.2) is 14.5 Å². The molecule has 0 atom stereocenters. The van der Waals surface area contributed by atoms with E-state index in [4.69, 9.17) is 4.98 Å². The summed E-state index contributed by atoms with van der Waals surface area (Å²) in [5.74, 6) is 0.708. The molecule has 4 heterocycles. The van der Waals surface area contributed by atoms with Crippen LogP contribution in [0.3, 0.4) is 0 Å². The Kier molecular flexibility index (Phi) is 3.06. The van der Waals surface area contributed by atoms with Crippen LogP contribution in [0.2, 0.25) is 0 Å². The van der Waals surface area contributed by atoms with Crippen LogP contribution in [-0.2, 0) is 0 Å². The molecule has 6 rings (SSSR count). The monoisotopic (exact) mass is 356 g/mol. The van der Waals surface area contributed by atoms with Crippen molar-refractivity contribution in [2.45, 2.75) is 38.1 Å². The summed E-state index contributed by atoms with van der Waals surface area (Å²) in [5, 5.41) is 8.15. The summed E-state index contributed by atoms with van der Waals surface area (Å²) in [6.45, 7) is 0. The zero-order chi connectivity index (χ0) is 17.8. The molecule has 0 aliphatic heterocycles. The van der Waals surface area contributed by atoms with Crippen LogP contribution in [0.4, 0.5) is 5.95 Å². The van der Waals surface area contributed by atoms with Crippen LogP contribution in [0.5, 0.6) is 0 Å². The Bertz CT molecular complexity index is 1150. The maximum absolute atomic E-state index is 4.75. The highest BCUT2D eigenvalue weighted by atomic mass is 15.3. The molecule has 0 unspecified atom stereocenters. The predicted molar refractivity (Wildman–Crippen MR) is 104 cm³/mol. The maximum Gasteiger partial charge on any atom is 0.241 e. The maximum atomic E-state index is 4.75. The Morgan fingerprint density at radius 3 is 2.81 bits per heavy atom. The molecule has 0 bridgehead atoms. The summed E-state index contributed by atoms with van der Waals surface area (Å²) in [7, 11) is 0. The molecule has 1 N–H and O–H groups in total. The Balaban J connectivity index is 1.29. The third-order valence-electron chi connectivity index (χ3n) is 6.26. The molecule has 2 aliphatic rings. The van der Waals surface area contributed by atoms with Gasteiger partial charge in [-0.15, -0.1) is 5.10 Å². The number of hydrogen-bond acceptors (Lipinski definition) is 5. The van der Waals surface area contributed by atoms with Gasteiger partial charge in [0.05, 0.1) is 28.4 Å². The topological polar surface area (TPSA) is 68.0 Å². The van der Waals surface area contributed by atoms with Gasteiger partial charge in [0.2, 0.25) is 5.95 Å². The summed E-state index contributed by atoms with van der Waals surface area (Å²) < 4.78 is 1.89. The fraction of sp³-hybridized carbons (Fsp3) is 0.333. The molecule has 0 radical (unpaired) electrons. The molecule has 4 aromatic rings. The quantitative estimate of drug-likeness (QED) is 0.599. The Labute approximate surface area is 156 Å². The first-order valence-corrected chi connectivity index (χ1v) is 9.61. The summed E-state index contributed by atoms with van der Waals surface area (Å²) in [6.07, 6.45) is 12.4. The average Bonchev–Trinajstić information content (AvgIpc) is 3.05. The van der Waals surface area contributed by atoms with Crippen LogP contribution < -0.4 is 5.32 Å². The van der Waals surface area contributed by atoms with Crippen LogP contribution in [0.25, 0.3) is 27.8 Å². The molecular formula is C21H20N6. The number of nitrogens with zero attached hydrogens (tertiary/aromatic N) is 5. The highest BCUT2D eigenvalue weighted by molar-refractivity contribution is 5.83. The van der Waals surface area contributed by atoms with E-state index in [0.29, 0.717) is 17.4 Å². The average molecular weight is 356 g/mol. The normalized spacial score (nSPS) is 18.5. The standard InChI is InChI=1S/C21H20N6/c1-3-18-17(22-9-1)5-4-16(25-18)15-6-10-27-19(15)13-23-20(26-27)24-14-11-21(12-14)7-2-8-21/h1,3-6,9-10,13-14H,2,7-8,11-12H2,(H,24,26). The van der Waals surface area contributed by atoms with Crippen molar-refractivity contribution in [3.63, 3.8) is 0 Å². The lowest BCUT2D eigenvalue weighted by Gasteiger charge is -2.54. The van der Waals surface area contributed by atoms with Gasteiger partial charge >= 0.3 is 0 Å². The SMILES string of the molecule is c1cnc2ccc(-c3ccn4nc(NC5CC6(CCC6)C5)ncc34)nc2c1. The van der Waals surface area contributed by atoms with Crippen LogP contribution in [0.1, 0.15) is 32.1 Å². The molecule has 6 nitrogen and oxygen atoms in total. The predicted octanol–water partition coefficient (Wildman–Crippen LogP) is 4.08. The first-order chi connectivity index (χ1) is 13.3. The number of fused-ring (bicyclic) bond motifs is 2. The van der Waals surface area contributed by atoms with Gasteiger partial charge in [0.25, 0.3) is 0 Å². The number of aromatic nitrogens is 5. The van der Waals surface area contributed by atoms with Gasteiger partial charge in [-0.3, -0.25) is 4.98 Å². The summed E-state index contributed by atoms with van der Waals surface area (Å²) >= 11 is 0. The number of pyridine rings is 2. The van der Waals surface area contributed by atoms with Crippen molar-refractivity contribution in [3.05, 3.63) is 48.9 Å². The van der Waals surface area contributed by atoms with Crippen molar-refractivity contribution in [3.8, 4) is 11.3 Å². The van der Waals surface area contributed by atoms with Crippen molar-refractivity contribution >= 4 is 22.5 Å². The highest BCUT2D eigenvalue weighted by Gasteiger charge is 2.48. The molecule has 2 fully saturated rings. The van der Waals surface area contributed by atoms with Crippen LogP contribution >= 0.6 is 0 Å². The molecule has 1 spiro atoms. The minimum absolute atomic E-state index is 0.521. The zero-order valence-electron chi connectivity index (χ0n) is 15.0. The van der Waals surface area contributed by atoms with E-state index in [9.17, 15) is 0 Å². The number of nitrogens with one attached hydrogen (secondary N) is 1. The van der Waals surface area contributed by atoms with E-state index in [-0.39, 0.29) is 0 Å². The van der Waals surface area contributed by atoms with E-state index >= 15 is 0 Å². The molecule has 0 amide bonds. The molecule has 6 heteroatoms. The van der Waals surface area contributed by atoms with Gasteiger partial charge in [-0.2, -0.15) is 0 Å². The first-order valence-electron chi connectivity index (χ1n) is 9.61. The molecular weight excluding hydrogens is 336 g/mol. The van der Waals surface area contributed by atoms with E-state index in [1.54, 1.807) is 6.20 Å². The fourth-order valence-corrected chi connectivity index (χ4v) is 4.65. The zero-order valence-corrected chi connectivity index (χ0v) is 15.0. The molecule has 134 valence electrons. The van der Waals surface area contributed by atoms with Gasteiger partial charge in [-0.05, 0) is 61.4 Å². The van der Waals surface area contributed by atoms with Gasteiger partial charge in [0.1, 0.15) is 0 Å². The minimum atomic E-state index is 0.521. The van der Waals surface area contributed by atoms with Crippen molar-refractivity contribution in [1.82, 2.24) is 24.6 Å². The minimum Gasteiger partial charge on any atom is -0.350 e. The lowest BCUT2D eigenvalue weighted by molar-refractivity contribution is 0.0189. The lowest BCUT2D eigenvalue weighted by Crippen LogP contribution is -2.49. The smallest absolute Gasteiger partial charge is 0.241 e. The van der Waals surface area contributed by atoms with Gasteiger partial charge in [-0.1, -0.05) is 6.42 Å². The Morgan fingerprint density at radius 2 is 1.96 bits per heavy atom. The van der Waals surface area contributed by atoms with Crippen molar-refractivity contribution in [2.75, 3.05) is 5.32 Å². The fourth-order valence-electron chi connectivity index (χ4n) is 4.65. The summed E-state index contributed by atoms with van der Waals surface area (Å²) in [4.78, 5) is 13.6. The van der Waals surface area contributed by atoms with Gasteiger partial charge < -0.3 is 5.32 Å². The van der Waals surface area contributed by atoms with E-state index < -0.39 is 0 Å². The summed E-state index contributed by atoms with van der Waals surface area (Å²) in [6, 6.07) is 10.5. The molecule has 0 aromatic carbocycles. The van der Waals surface area contributed by atoms with Crippen molar-refractivity contribution in [2.24, 2.45) is 5.41 Å². The van der Waals surface area contributed by atoms with Crippen molar-refractivity contribution in [1.29, 1.82) is 0 Å². The third-order valence-corrected chi connectivity index (χ3v) is 6.26. The Morgan fingerprint density at radius 1 is 1.04 bits per heavy atom.